The fourth-order valence-corrected chi connectivity index (χ4v) is 3.37. The van der Waals surface area contributed by atoms with Crippen LogP contribution in [-0.4, -0.2) is 50.6 Å². The molecule has 0 atom stereocenters. The second-order valence-corrected chi connectivity index (χ2v) is 7.43. The average molecular weight is 432 g/mol. The molecule has 8 nitrogen and oxygen atoms in total. The number of ether oxygens (including phenoxy) is 1. The summed E-state index contributed by atoms with van der Waals surface area (Å²) in [6, 6.07) is 3.99. The van der Waals surface area contributed by atoms with Crippen LogP contribution in [0.5, 0.6) is 5.75 Å². The highest BCUT2D eigenvalue weighted by molar-refractivity contribution is 6.30. The molecule has 156 valence electrons. The molecular formula is C20H19ClFN5O3. The summed E-state index contributed by atoms with van der Waals surface area (Å²) in [5.41, 5.74) is 1.34. The Labute approximate surface area is 177 Å². The molecule has 30 heavy (non-hydrogen) atoms. The summed E-state index contributed by atoms with van der Waals surface area (Å²) in [5.74, 6) is 0.720. The molecule has 1 aromatic carbocycles. The van der Waals surface area contributed by atoms with Gasteiger partial charge in [-0.3, -0.25) is 9.78 Å². The van der Waals surface area contributed by atoms with Gasteiger partial charge < -0.3 is 14.2 Å². The molecule has 0 spiro atoms. The maximum Gasteiger partial charge on any atom is 0.278 e. The number of rotatable bonds is 5. The number of carbonyl (C=O) groups excluding carboxylic acids is 1. The Hall–Kier alpha value is -3.07. The van der Waals surface area contributed by atoms with Crippen molar-refractivity contribution in [2.75, 3.05) is 19.7 Å². The largest absolute Gasteiger partial charge is 0.484 e. The molecule has 0 unspecified atom stereocenters. The SMILES string of the molecule is Cc1cnc(-c2nc(C3CCN(C(=O)COc4ccc(F)c(Cl)c4)CC3)no2)cn1. The number of carbonyl (C=O) groups is 1. The lowest BCUT2D eigenvalue weighted by molar-refractivity contribution is -0.134. The summed E-state index contributed by atoms with van der Waals surface area (Å²) in [7, 11) is 0. The topological polar surface area (TPSA) is 94.2 Å². The number of likely N-dealkylation sites (tertiary alicyclic amines) is 1. The third-order valence-corrected chi connectivity index (χ3v) is 5.20. The summed E-state index contributed by atoms with van der Waals surface area (Å²) < 4.78 is 23.9. The van der Waals surface area contributed by atoms with Gasteiger partial charge in [0.15, 0.2) is 12.4 Å². The minimum Gasteiger partial charge on any atom is -0.484 e. The number of piperidine rings is 1. The van der Waals surface area contributed by atoms with E-state index in [1.165, 1.54) is 18.2 Å². The van der Waals surface area contributed by atoms with Crippen molar-refractivity contribution in [3.05, 3.63) is 53.0 Å². The molecule has 2 aromatic heterocycles. The molecule has 1 fully saturated rings. The molecule has 1 saturated heterocycles. The summed E-state index contributed by atoms with van der Waals surface area (Å²) in [5, 5.41) is 4.03. The minimum absolute atomic E-state index is 0.0446. The lowest BCUT2D eigenvalue weighted by Crippen LogP contribution is -2.40. The Morgan fingerprint density at radius 3 is 2.80 bits per heavy atom. The standard InChI is InChI=1S/C20H19ClFN5O3/c1-12-9-24-17(10-23-12)20-25-19(26-30-20)13-4-6-27(7-5-13)18(28)11-29-14-2-3-16(22)15(21)8-14/h2-3,8-10,13H,4-7,11H2,1H3. The van der Waals surface area contributed by atoms with Crippen LogP contribution in [0.4, 0.5) is 4.39 Å². The summed E-state index contributed by atoms with van der Waals surface area (Å²) in [6.45, 7) is 2.84. The lowest BCUT2D eigenvalue weighted by atomic mass is 9.96. The molecule has 4 rings (SSSR count). The van der Waals surface area contributed by atoms with Crippen LogP contribution < -0.4 is 4.74 Å². The van der Waals surface area contributed by atoms with E-state index in [0.717, 1.165) is 5.69 Å². The Morgan fingerprint density at radius 1 is 1.30 bits per heavy atom. The van der Waals surface area contributed by atoms with E-state index in [9.17, 15) is 9.18 Å². The van der Waals surface area contributed by atoms with Crippen molar-refractivity contribution in [2.45, 2.75) is 25.7 Å². The average Bonchev–Trinajstić information content (AvgIpc) is 3.25. The summed E-state index contributed by atoms with van der Waals surface area (Å²) in [4.78, 5) is 27.0. The van der Waals surface area contributed by atoms with Crippen LogP contribution >= 0.6 is 11.6 Å². The minimum atomic E-state index is -0.531. The van der Waals surface area contributed by atoms with Crippen LogP contribution in [0, 0.1) is 12.7 Å². The van der Waals surface area contributed by atoms with Crippen LogP contribution in [0.25, 0.3) is 11.6 Å². The summed E-state index contributed by atoms with van der Waals surface area (Å²) >= 11 is 5.72. The third kappa shape index (κ3) is 4.56. The Balaban J connectivity index is 1.29. The number of halogens is 2. The molecule has 1 aliphatic rings. The first kappa shape index (κ1) is 20.2. The summed E-state index contributed by atoms with van der Waals surface area (Å²) in [6.07, 6.45) is 4.67. The molecule has 10 heteroatoms. The first-order valence-corrected chi connectivity index (χ1v) is 9.85. The fourth-order valence-electron chi connectivity index (χ4n) is 3.20. The lowest BCUT2D eigenvalue weighted by Gasteiger charge is -2.30. The number of hydrogen-bond acceptors (Lipinski definition) is 7. The monoisotopic (exact) mass is 431 g/mol. The van der Waals surface area contributed by atoms with Crippen molar-refractivity contribution >= 4 is 17.5 Å². The van der Waals surface area contributed by atoms with E-state index in [4.69, 9.17) is 20.9 Å². The molecule has 0 saturated carbocycles. The van der Waals surface area contributed by atoms with Gasteiger partial charge in [0.1, 0.15) is 17.3 Å². The van der Waals surface area contributed by atoms with Gasteiger partial charge in [-0.25, -0.2) is 9.37 Å². The highest BCUT2D eigenvalue weighted by Crippen LogP contribution is 2.28. The molecule has 0 aliphatic carbocycles. The maximum absolute atomic E-state index is 13.2. The van der Waals surface area contributed by atoms with Gasteiger partial charge in [0, 0.05) is 31.3 Å². The number of nitrogens with zero attached hydrogens (tertiary/aromatic N) is 5. The first-order chi connectivity index (χ1) is 14.5. The molecule has 1 amide bonds. The number of aryl methyl sites for hydroxylation is 1. The van der Waals surface area contributed by atoms with Gasteiger partial charge in [-0.15, -0.1) is 0 Å². The zero-order valence-electron chi connectivity index (χ0n) is 16.2. The Morgan fingerprint density at radius 2 is 2.10 bits per heavy atom. The second kappa shape index (κ2) is 8.74. The first-order valence-electron chi connectivity index (χ1n) is 9.48. The van der Waals surface area contributed by atoms with Crippen LogP contribution in [-0.2, 0) is 4.79 Å². The molecule has 0 bridgehead atoms. The highest BCUT2D eigenvalue weighted by atomic mass is 35.5. The van der Waals surface area contributed by atoms with Gasteiger partial charge in [0.05, 0.1) is 16.9 Å². The van der Waals surface area contributed by atoms with Gasteiger partial charge >= 0.3 is 0 Å². The van der Waals surface area contributed by atoms with E-state index < -0.39 is 5.82 Å². The van der Waals surface area contributed by atoms with Gasteiger partial charge in [-0.2, -0.15) is 4.98 Å². The van der Waals surface area contributed by atoms with Crippen molar-refractivity contribution in [2.24, 2.45) is 0 Å². The highest BCUT2D eigenvalue weighted by Gasteiger charge is 2.27. The van der Waals surface area contributed by atoms with Crippen LogP contribution in [0.1, 0.15) is 30.3 Å². The Kier molecular flexibility index (Phi) is 5.89. The van der Waals surface area contributed by atoms with Crippen molar-refractivity contribution < 1.29 is 18.4 Å². The quantitative estimate of drug-likeness (QED) is 0.610. The molecule has 0 N–H and O–H groups in total. The van der Waals surface area contributed by atoms with E-state index in [2.05, 4.69) is 20.1 Å². The number of aromatic nitrogens is 4. The van der Waals surface area contributed by atoms with E-state index in [1.54, 1.807) is 17.3 Å². The van der Waals surface area contributed by atoms with Crippen molar-refractivity contribution in [1.29, 1.82) is 0 Å². The van der Waals surface area contributed by atoms with Gasteiger partial charge in [0.25, 0.3) is 11.8 Å². The third-order valence-electron chi connectivity index (χ3n) is 4.91. The van der Waals surface area contributed by atoms with Crippen LogP contribution in [0.3, 0.4) is 0 Å². The van der Waals surface area contributed by atoms with E-state index in [1.807, 2.05) is 6.92 Å². The van der Waals surface area contributed by atoms with Crippen LogP contribution in [0.15, 0.2) is 35.1 Å². The predicted molar refractivity (Wildman–Crippen MR) is 106 cm³/mol. The molecule has 0 radical (unpaired) electrons. The van der Waals surface area contributed by atoms with Gasteiger partial charge in [-0.05, 0) is 31.9 Å². The van der Waals surface area contributed by atoms with Crippen molar-refractivity contribution in [1.82, 2.24) is 25.0 Å². The van der Waals surface area contributed by atoms with Crippen molar-refractivity contribution in [3.8, 4) is 17.3 Å². The number of hydrogen-bond donors (Lipinski definition) is 0. The maximum atomic E-state index is 13.2. The normalized spacial score (nSPS) is 14.7. The van der Waals surface area contributed by atoms with Gasteiger partial charge in [-0.1, -0.05) is 16.8 Å². The smallest absolute Gasteiger partial charge is 0.278 e. The van der Waals surface area contributed by atoms with E-state index >= 15 is 0 Å². The molecular weight excluding hydrogens is 413 g/mol. The number of amides is 1. The second-order valence-electron chi connectivity index (χ2n) is 7.02. The van der Waals surface area contributed by atoms with E-state index in [0.29, 0.717) is 49.1 Å². The zero-order valence-corrected chi connectivity index (χ0v) is 17.0. The molecule has 3 aromatic rings. The van der Waals surface area contributed by atoms with Gasteiger partial charge in [0.2, 0.25) is 0 Å². The molecule has 1 aliphatic heterocycles. The van der Waals surface area contributed by atoms with Crippen molar-refractivity contribution in [3.63, 3.8) is 0 Å². The zero-order chi connectivity index (χ0) is 21.1. The predicted octanol–water partition coefficient (Wildman–Crippen LogP) is 3.41. The van der Waals surface area contributed by atoms with Crippen LogP contribution in [0.2, 0.25) is 5.02 Å². The number of benzene rings is 1. The Bertz CT molecular complexity index is 1040. The molecule has 3 heterocycles. The van der Waals surface area contributed by atoms with E-state index in [-0.39, 0.29) is 23.5 Å². The fraction of sp³-hybridized carbons (Fsp3) is 0.350.